The SMILES string of the molecule is COC[C@H](N)CNc1ncc(C(N)=O)c(Nc2ccccc2)n1. The second kappa shape index (κ2) is 8.06. The van der Waals surface area contributed by atoms with Gasteiger partial charge in [-0.15, -0.1) is 0 Å². The van der Waals surface area contributed by atoms with Crippen molar-refractivity contribution in [3.05, 3.63) is 42.1 Å². The lowest BCUT2D eigenvalue weighted by molar-refractivity contribution is 0.100. The van der Waals surface area contributed by atoms with Crippen LogP contribution in [0.5, 0.6) is 0 Å². The molecule has 0 bridgehead atoms. The maximum Gasteiger partial charge on any atom is 0.254 e. The molecule has 8 nitrogen and oxygen atoms in total. The number of nitrogens with zero attached hydrogens (tertiary/aromatic N) is 2. The van der Waals surface area contributed by atoms with Crippen molar-refractivity contribution in [3.63, 3.8) is 0 Å². The summed E-state index contributed by atoms with van der Waals surface area (Å²) in [7, 11) is 1.58. The molecular weight excluding hydrogens is 296 g/mol. The van der Waals surface area contributed by atoms with Gasteiger partial charge in [0.25, 0.3) is 5.91 Å². The fourth-order valence-corrected chi connectivity index (χ4v) is 1.90. The molecular formula is C15H20N6O2. The van der Waals surface area contributed by atoms with E-state index in [-0.39, 0.29) is 11.6 Å². The molecule has 0 saturated heterocycles. The van der Waals surface area contributed by atoms with Crippen LogP contribution in [0, 0.1) is 0 Å². The van der Waals surface area contributed by atoms with Gasteiger partial charge in [-0.25, -0.2) is 4.98 Å². The van der Waals surface area contributed by atoms with Gasteiger partial charge in [0.1, 0.15) is 11.4 Å². The third kappa shape index (κ3) is 4.90. The van der Waals surface area contributed by atoms with E-state index in [1.807, 2.05) is 30.3 Å². The molecule has 0 radical (unpaired) electrons. The van der Waals surface area contributed by atoms with Gasteiger partial charge in [-0.2, -0.15) is 4.98 Å². The van der Waals surface area contributed by atoms with E-state index in [0.29, 0.717) is 24.9 Å². The lowest BCUT2D eigenvalue weighted by atomic mass is 10.2. The number of para-hydroxylation sites is 1. The molecule has 8 heteroatoms. The van der Waals surface area contributed by atoms with Crippen molar-refractivity contribution in [2.45, 2.75) is 6.04 Å². The van der Waals surface area contributed by atoms with Gasteiger partial charge in [-0.1, -0.05) is 18.2 Å². The summed E-state index contributed by atoms with van der Waals surface area (Å²) in [5.74, 6) is 0.0764. The Labute approximate surface area is 134 Å². The summed E-state index contributed by atoms with van der Waals surface area (Å²) < 4.78 is 4.97. The summed E-state index contributed by atoms with van der Waals surface area (Å²) >= 11 is 0. The molecule has 0 aliphatic rings. The molecule has 0 aliphatic heterocycles. The largest absolute Gasteiger partial charge is 0.383 e. The second-order valence-corrected chi connectivity index (χ2v) is 4.91. The zero-order valence-electron chi connectivity index (χ0n) is 12.8. The number of benzene rings is 1. The topological polar surface area (TPSA) is 128 Å². The maximum absolute atomic E-state index is 11.5. The molecule has 0 unspecified atom stereocenters. The molecule has 1 aromatic carbocycles. The fraction of sp³-hybridized carbons (Fsp3) is 0.267. The van der Waals surface area contributed by atoms with E-state index >= 15 is 0 Å². The Morgan fingerprint density at radius 1 is 1.35 bits per heavy atom. The number of aromatic nitrogens is 2. The summed E-state index contributed by atoms with van der Waals surface area (Å²) in [5.41, 5.74) is 12.2. The van der Waals surface area contributed by atoms with Gasteiger partial charge in [0.2, 0.25) is 5.95 Å². The summed E-state index contributed by atoms with van der Waals surface area (Å²) in [4.78, 5) is 19.9. The van der Waals surface area contributed by atoms with Crippen LogP contribution in [-0.4, -0.2) is 42.2 Å². The van der Waals surface area contributed by atoms with Gasteiger partial charge in [0, 0.05) is 31.6 Å². The molecule has 122 valence electrons. The van der Waals surface area contributed by atoms with Crippen LogP contribution in [-0.2, 0) is 4.74 Å². The third-order valence-corrected chi connectivity index (χ3v) is 2.99. The Morgan fingerprint density at radius 2 is 2.09 bits per heavy atom. The average molecular weight is 316 g/mol. The summed E-state index contributed by atoms with van der Waals surface area (Å²) in [6.45, 7) is 0.857. The molecule has 2 aromatic rings. The van der Waals surface area contributed by atoms with E-state index in [9.17, 15) is 4.79 Å². The van der Waals surface area contributed by atoms with E-state index in [4.69, 9.17) is 16.2 Å². The Morgan fingerprint density at radius 3 is 2.74 bits per heavy atom. The van der Waals surface area contributed by atoms with E-state index in [1.54, 1.807) is 7.11 Å². The lowest BCUT2D eigenvalue weighted by Gasteiger charge is -2.14. The monoisotopic (exact) mass is 316 g/mol. The minimum absolute atomic E-state index is 0.190. The van der Waals surface area contributed by atoms with Crippen molar-refractivity contribution < 1.29 is 9.53 Å². The average Bonchev–Trinajstić information content (AvgIpc) is 2.54. The number of ether oxygens (including phenoxy) is 1. The highest BCUT2D eigenvalue weighted by Crippen LogP contribution is 2.19. The van der Waals surface area contributed by atoms with Crippen LogP contribution in [0.15, 0.2) is 36.5 Å². The van der Waals surface area contributed by atoms with Crippen LogP contribution in [0.25, 0.3) is 0 Å². The number of methoxy groups -OCH3 is 1. The zero-order chi connectivity index (χ0) is 16.7. The molecule has 23 heavy (non-hydrogen) atoms. The number of anilines is 3. The fourth-order valence-electron chi connectivity index (χ4n) is 1.90. The van der Waals surface area contributed by atoms with Gasteiger partial charge in [0.05, 0.1) is 6.61 Å². The van der Waals surface area contributed by atoms with Crippen molar-refractivity contribution in [1.29, 1.82) is 0 Å². The number of nitrogens with two attached hydrogens (primary N) is 2. The quantitative estimate of drug-likeness (QED) is 0.564. The zero-order valence-corrected chi connectivity index (χ0v) is 12.8. The first-order valence-corrected chi connectivity index (χ1v) is 7.07. The van der Waals surface area contributed by atoms with Gasteiger partial charge >= 0.3 is 0 Å². The van der Waals surface area contributed by atoms with E-state index in [2.05, 4.69) is 20.6 Å². The van der Waals surface area contributed by atoms with Crippen LogP contribution >= 0.6 is 0 Å². The number of rotatable bonds is 8. The molecule has 1 atom stereocenters. The number of nitrogens with one attached hydrogen (secondary N) is 2. The number of carbonyl (C=O) groups excluding carboxylic acids is 1. The second-order valence-electron chi connectivity index (χ2n) is 4.91. The standard InChI is InChI=1S/C15H20N6O2/c1-23-9-10(16)7-18-15-19-8-12(13(17)22)14(21-15)20-11-5-3-2-4-6-11/h2-6,8,10H,7,9,16H2,1H3,(H2,17,22)(H2,18,19,20,21)/t10-/m1/s1. The Kier molecular flexibility index (Phi) is 5.84. The van der Waals surface area contributed by atoms with Crippen LogP contribution in [0.3, 0.4) is 0 Å². The van der Waals surface area contributed by atoms with E-state index < -0.39 is 5.91 Å². The third-order valence-electron chi connectivity index (χ3n) is 2.99. The van der Waals surface area contributed by atoms with Gasteiger partial charge in [-0.05, 0) is 12.1 Å². The highest BCUT2D eigenvalue weighted by atomic mass is 16.5. The van der Waals surface area contributed by atoms with E-state index in [0.717, 1.165) is 5.69 Å². The molecule has 1 aromatic heterocycles. The maximum atomic E-state index is 11.5. The van der Waals surface area contributed by atoms with Crippen molar-refractivity contribution >= 4 is 23.4 Å². The predicted molar refractivity (Wildman–Crippen MR) is 88.6 cm³/mol. The Hall–Kier alpha value is -2.71. The van der Waals surface area contributed by atoms with E-state index in [1.165, 1.54) is 6.20 Å². The molecule has 1 amide bonds. The summed E-state index contributed by atoms with van der Waals surface area (Å²) in [5, 5.41) is 6.06. The van der Waals surface area contributed by atoms with Crippen LogP contribution in [0.1, 0.15) is 10.4 Å². The number of primary amides is 1. The molecule has 0 saturated carbocycles. The normalized spacial score (nSPS) is 11.7. The Bertz CT molecular complexity index is 650. The number of amides is 1. The van der Waals surface area contributed by atoms with Crippen LogP contribution < -0.4 is 22.1 Å². The minimum Gasteiger partial charge on any atom is -0.383 e. The molecule has 1 heterocycles. The molecule has 0 aliphatic carbocycles. The first-order valence-electron chi connectivity index (χ1n) is 7.07. The van der Waals surface area contributed by atoms with Gasteiger partial charge in [-0.3, -0.25) is 4.79 Å². The lowest BCUT2D eigenvalue weighted by Crippen LogP contribution is -2.33. The molecule has 0 fully saturated rings. The van der Waals surface area contributed by atoms with Crippen molar-refractivity contribution in [2.75, 3.05) is 30.9 Å². The Balaban J connectivity index is 2.17. The highest BCUT2D eigenvalue weighted by molar-refractivity contribution is 5.98. The van der Waals surface area contributed by atoms with Crippen molar-refractivity contribution in [1.82, 2.24) is 9.97 Å². The minimum atomic E-state index is -0.605. The van der Waals surface area contributed by atoms with Crippen molar-refractivity contribution in [2.24, 2.45) is 11.5 Å². The molecule has 6 N–H and O–H groups in total. The van der Waals surface area contributed by atoms with Gasteiger partial charge in [0.15, 0.2) is 0 Å². The molecule has 0 spiro atoms. The number of hydrogen-bond donors (Lipinski definition) is 4. The number of hydrogen-bond acceptors (Lipinski definition) is 7. The van der Waals surface area contributed by atoms with Crippen molar-refractivity contribution in [3.8, 4) is 0 Å². The highest BCUT2D eigenvalue weighted by Gasteiger charge is 2.13. The first-order chi connectivity index (χ1) is 11.1. The summed E-state index contributed by atoms with van der Waals surface area (Å²) in [6, 6.07) is 9.16. The molecule has 2 rings (SSSR count). The predicted octanol–water partition coefficient (Wildman–Crippen LogP) is 0.705. The van der Waals surface area contributed by atoms with Crippen LogP contribution in [0.4, 0.5) is 17.5 Å². The smallest absolute Gasteiger partial charge is 0.254 e. The van der Waals surface area contributed by atoms with Gasteiger partial charge < -0.3 is 26.8 Å². The first kappa shape index (κ1) is 16.7. The number of carbonyl (C=O) groups is 1. The van der Waals surface area contributed by atoms with Crippen LogP contribution in [0.2, 0.25) is 0 Å². The summed E-state index contributed by atoms with van der Waals surface area (Å²) in [6.07, 6.45) is 1.38.